The first-order valence-corrected chi connectivity index (χ1v) is 13.8. The monoisotopic (exact) mass is 507 g/mol. The SMILES string of the molecule is CN(C)[C@H]1C[C@@]23CC[C@]4(O2)C2CC=C(c5ccc6c(N)nccc6c5)[C@@]2(C)CCC4(F)CC3[C@@H](O)[C@@H]1O. The summed E-state index contributed by atoms with van der Waals surface area (Å²) in [5, 5.41) is 24.1. The Morgan fingerprint density at radius 3 is 2.68 bits per heavy atom. The van der Waals surface area contributed by atoms with Gasteiger partial charge >= 0.3 is 0 Å². The van der Waals surface area contributed by atoms with Crippen molar-refractivity contribution in [2.24, 2.45) is 17.3 Å². The highest BCUT2D eigenvalue weighted by Gasteiger charge is 2.77. The highest BCUT2D eigenvalue weighted by atomic mass is 19.1. The Balaban J connectivity index is 1.27. The topological polar surface area (TPSA) is 91.8 Å². The average Bonchev–Trinajstić information content (AvgIpc) is 3.40. The van der Waals surface area contributed by atoms with E-state index < -0.39 is 29.1 Å². The van der Waals surface area contributed by atoms with Crippen LogP contribution in [0.15, 0.2) is 36.5 Å². The number of aliphatic hydroxyl groups is 2. The van der Waals surface area contributed by atoms with Crippen molar-refractivity contribution in [3.63, 3.8) is 0 Å². The molecule has 2 saturated heterocycles. The lowest BCUT2D eigenvalue weighted by Crippen LogP contribution is -2.72. The van der Waals surface area contributed by atoms with Gasteiger partial charge in [-0.2, -0.15) is 0 Å². The quantitative estimate of drug-likeness (QED) is 0.567. The molecule has 7 heteroatoms. The zero-order chi connectivity index (χ0) is 26.0. The zero-order valence-electron chi connectivity index (χ0n) is 22.0. The second kappa shape index (κ2) is 7.53. The molecule has 1 aromatic carbocycles. The van der Waals surface area contributed by atoms with Crippen molar-refractivity contribution in [2.45, 2.75) is 87.0 Å². The predicted molar refractivity (Wildman–Crippen MR) is 141 cm³/mol. The number of anilines is 1. The summed E-state index contributed by atoms with van der Waals surface area (Å²) < 4.78 is 24.3. The number of allylic oxidation sites excluding steroid dienone is 2. The fraction of sp³-hybridized carbons (Fsp3) is 0.633. The van der Waals surface area contributed by atoms with E-state index in [1.54, 1.807) is 6.20 Å². The maximum absolute atomic E-state index is 17.2. The van der Waals surface area contributed by atoms with Gasteiger partial charge in [-0.1, -0.05) is 25.1 Å². The van der Waals surface area contributed by atoms with Crippen molar-refractivity contribution >= 4 is 22.2 Å². The lowest BCUT2D eigenvalue weighted by Gasteiger charge is -2.64. The molecule has 3 heterocycles. The summed E-state index contributed by atoms with van der Waals surface area (Å²) >= 11 is 0. The maximum Gasteiger partial charge on any atom is 0.140 e. The van der Waals surface area contributed by atoms with Crippen LogP contribution in [0.3, 0.4) is 0 Å². The summed E-state index contributed by atoms with van der Waals surface area (Å²) in [5.41, 5.74) is 5.39. The largest absolute Gasteiger partial charge is 0.390 e. The van der Waals surface area contributed by atoms with E-state index in [1.165, 1.54) is 5.57 Å². The highest BCUT2D eigenvalue weighted by Crippen LogP contribution is 2.72. The third-order valence-electron chi connectivity index (χ3n) is 11.3. The van der Waals surface area contributed by atoms with Crippen LogP contribution in [0.25, 0.3) is 16.3 Å². The van der Waals surface area contributed by atoms with Crippen molar-refractivity contribution in [1.29, 1.82) is 0 Å². The Kier molecular flexibility index (Phi) is 4.89. The third-order valence-corrected chi connectivity index (χ3v) is 11.3. The van der Waals surface area contributed by atoms with E-state index in [1.807, 2.05) is 31.1 Å². The number of rotatable bonds is 2. The molecule has 7 rings (SSSR count). The Hall–Kier alpha value is -2.06. The van der Waals surface area contributed by atoms with Crippen LogP contribution in [0.5, 0.6) is 0 Å². The molecule has 6 nitrogen and oxygen atoms in total. The number of nitrogens with two attached hydrogens (primary N) is 1. The van der Waals surface area contributed by atoms with Gasteiger partial charge in [-0.25, -0.2) is 9.37 Å². The fourth-order valence-electron chi connectivity index (χ4n) is 9.38. The number of ether oxygens (including phenoxy) is 1. The summed E-state index contributed by atoms with van der Waals surface area (Å²) in [6.45, 7) is 2.30. The van der Waals surface area contributed by atoms with E-state index in [9.17, 15) is 10.2 Å². The first-order valence-electron chi connectivity index (χ1n) is 13.8. The van der Waals surface area contributed by atoms with Crippen molar-refractivity contribution in [3.05, 3.63) is 42.1 Å². The molecule has 9 atom stereocenters. The minimum atomic E-state index is -1.50. The number of aliphatic hydroxyl groups excluding tert-OH is 2. The normalized spacial score (nSPS) is 46.5. The lowest BCUT2D eigenvalue weighted by atomic mass is 9.51. The van der Waals surface area contributed by atoms with Gasteiger partial charge in [0.1, 0.15) is 17.1 Å². The highest BCUT2D eigenvalue weighted by molar-refractivity contribution is 5.93. The van der Waals surface area contributed by atoms with E-state index in [-0.39, 0.29) is 29.7 Å². The molecule has 2 aromatic rings. The average molecular weight is 508 g/mol. The fourth-order valence-corrected chi connectivity index (χ4v) is 9.38. The number of hydrogen-bond acceptors (Lipinski definition) is 6. The van der Waals surface area contributed by atoms with Gasteiger partial charge in [0, 0.05) is 29.5 Å². The Bertz CT molecular complexity index is 1320. The molecule has 5 aliphatic rings. The van der Waals surface area contributed by atoms with E-state index in [2.05, 4.69) is 30.1 Å². The van der Waals surface area contributed by atoms with Crippen LogP contribution in [-0.2, 0) is 4.74 Å². The van der Waals surface area contributed by atoms with E-state index in [0.717, 1.165) is 35.6 Å². The molecule has 3 aliphatic carbocycles. The molecule has 2 aliphatic heterocycles. The number of hydrogen-bond donors (Lipinski definition) is 3. The number of nitrogens with zero attached hydrogens (tertiary/aromatic N) is 2. The smallest absolute Gasteiger partial charge is 0.140 e. The van der Waals surface area contributed by atoms with Crippen molar-refractivity contribution in [3.8, 4) is 0 Å². The molecule has 2 spiro atoms. The van der Waals surface area contributed by atoms with E-state index >= 15 is 4.39 Å². The van der Waals surface area contributed by atoms with Crippen LogP contribution < -0.4 is 5.73 Å². The summed E-state index contributed by atoms with van der Waals surface area (Å²) in [7, 11) is 3.87. The number of aromatic nitrogens is 1. The Morgan fingerprint density at radius 2 is 1.89 bits per heavy atom. The molecule has 198 valence electrons. The van der Waals surface area contributed by atoms with Crippen molar-refractivity contribution in [2.75, 3.05) is 19.8 Å². The minimum Gasteiger partial charge on any atom is -0.390 e. The zero-order valence-corrected chi connectivity index (χ0v) is 22.0. The van der Waals surface area contributed by atoms with Gasteiger partial charge in [-0.15, -0.1) is 0 Å². The first-order chi connectivity index (χ1) is 17.5. The van der Waals surface area contributed by atoms with Gasteiger partial charge in [-0.05, 0) is 93.1 Å². The van der Waals surface area contributed by atoms with Gasteiger partial charge < -0.3 is 25.6 Å². The predicted octanol–water partition coefficient (Wildman–Crippen LogP) is 4.09. The molecule has 4 fully saturated rings. The van der Waals surface area contributed by atoms with E-state index in [0.29, 0.717) is 25.1 Å². The van der Waals surface area contributed by atoms with Crippen LogP contribution in [0.1, 0.15) is 57.4 Å². The number of alkyl halides is 1. The van der Waals surface area contributed by atoms with Crippen LogP contribution in [0.2, 0.25) is 0 Å². The minimum absolute atomic E-state index is 0.0362. The molecule has 37 heavy (non-hydrogen) atoms. The molecule has 2 bridgehead atoms. The van der Waals surface area contributed by atoms with Gasteiger partial charge in [0.05, 0.1) is 17.8 Å². The second-order valence-corrected chi connectivity index (χ2v) is 13.0. The molecule has 4 N–H and O–H groups in total. The Labute approximate surface area is 217 Å². The number of fused-ring (bicyclic) bond motifs is 2. The molecular formula is C30H38FN3O3. The van der Waals surface area contributed by atoms with Gasteiger partial charge in [0.2, 0.25) is 0 Å². The molecule has 0 radical (unpaired) electrons. The number of likely N-dealkylation sites (N-methyl/N-ethyl adjacent to an activating group) is 1. The van der Waals surface area contributed by atoms with Gasteiger partial charge in [0.25, 0.3) is 0 Å². The van der Waals surface area contributed by atoms with E-state index in [4.69, 9.17) is 10.5 Å². The standard InChI is InChI=1S/C30H38FN3O3/c1-27-9-11-29(31)15-21-24(35)25(36)22(34(2)3)16-28(21)10-12-30(29,37-28)23(27)7-6-20(27)18-4-5-19-17(14-18)8-13-33-26(19)32/h4-6,8,13-14,21-25,35-36H,7,9-12,15-16H2,1-3H3,(H2,32,33)/t21?,22-,23?,24+,25+,27+,28+,29?,30-/m0/s1. The summed E-state index contributed by atoms with van der Waals surface area (Å²) in [5.74, 6) is 0.190. The molecule has 2 saturated carbocycles. The molecule has 1 aromatic heterocycles. The lowest BCUT2D eigenvalue weighted by molar-refractivity contribution is -0.314. The number of pyridine rings is 1. The van der Waals surface area contributed by atoms with Crippen LogP contribution >= 0.6 is 0 Å². The summed E-state index contributed by atoms with van der Waals surface area (Å²) in [4.78, 5) is 6.20. The Morgan fingerprint density at radius 1 is 1.08 bits per heavy atom. The second-order valence-electron chi connectivity index (χ2n) is 13.0. The molecule has 3 unspecified atom stereocenters. The van der Waals surface area contributed by atoms with Crippen LogP contribution in [0.4, 0.5) is 10.2 Å². The molecular weight excluding hydrogens is 469 g/mol. The number of halogens is 1. The van der Waals surface area contributed by atoms with Gasteiger partial charge in [0.15, 0.2) is 0 Å². The van der Waals surface area contributed by atoms with Gasteiger partial charge in [-0.3, -0.25) is 0 Å². The molecule has 0 amide bonds. The summed E-state index contributed by atoms with van der Waals surface area (Å²) in [6, 6.07) is 8.15. The van der Waals surface area contributed by atoms with Crippen molar-refractivity contribution < 1.29 is 19.3 Å². The third kappa shape index (κ3) is 2.92. The van der Waals surface area contributed by atoms with Crippen LogP contribution in [-0.4, -0.2) is 69.3 Å². The number of benzene rings is 1. The summed E-state index contributed by atoms with van der Waals surface area (Å²) in [6.07, 6.45) is 6.44. The van der Waals surface area contributed by atoms with Crippen molar-refractivity contribution in [1.82, 2.24) is 9.88 Å². The van der Waals surface area contributed by atoms with Crippen LogP contribution in [0, 0.1) is 17.3 Å². The maximum atomic E-state index is 17.2. The number of nitrogen functional groups attached to an aromatic ring is 1. The first kappa shape index (κ1) is 24.0.